The molecule has 0 aromatic carbocycles. The summed E-state index contributed by atoms with van der Waals surface area (Å²) in [6, 6.07) is 1.33. The van der Waals surface area contributed by atoms with Gasteiger partial charge in [-0.1, -0.05) is 11.6 Å². The van der Waals surface area contributed by atoms with Crippen molar-refractivity contribution in [1.29, 1.82) is 0 Å². The fourth-order valence-electron chi connectivity index (χ4n) is 0.782. The van der Waals surface area contributed by atoms with Gasteiger partial charge in [0.05, 0.1) is 12.7 Å². The fraction of sp³-hybridized carbons (Fsp3) is 0.125. The Morgan fingerprint density at radius 3 is 2.92 bits per heavy atom. The number of pyridine rings is 1. The molecule has 0 atom stereocenters. The van der Waals surface area contributed by atoms with Gasteiger partial charge in [0.2, 0.25) is 0 Å². The zero-order valence-electron chi connectivity index (χ0n) is 6.78. The number of carbonyl (C=O) groups excluding carboxylic acids is 2. The molecular weight excluding hydrogens is 194 g/mol. The fourth-order valence-corrected chi connectivity index (χ4v) is 0.962. The molecular formula is C8H6ClNO3. The third-order valence-corrected chi connectivity index (χ3v) is 1.70. The van der Waals surface area contributed by atoms with Gasteiger partial charge in [-0.2, -0.15) is 0 Å². The first-order valence-electron chi connectivity index (χ1n) is 3.38. The van der Waals surface area contributed by atoms with Crippen LogP contribution in [0.25, 0.3) is 0 Å². The van der Waals surface area contributed by atoms with Gasteiger partial charge in [0.15, 0.2) is 6.29 Å². The van der Waals surface area contributed by atoms with Gasteiger partial charge in [0, 0.05) is 11.8 Å². The maximum atomic E-state index is 11.0. The maximum Gasteiger partial charge on any atom is 0.341 e. The average molecular weight is 200 g/mol. The van der Waals surface area contributed by atoms with Crippen LogP contribution in [0, 0.1) is 0 Å². The van der Waals surface area contributed by atoms with Gasteiger partial charge in [0.25, 0.3) is 0 Å². The Bertz CT molecular complexity index is 351. The molecule has 4 nitrogen and oxygen atoms in total. The number of hydrogen-bond donors (Lipinski definition) is 0. The van der Waals surface area contributed by atoms with E-state index in [-0.39, 0.29) is 16.3 Å². The van der Waals surface area contributed by atoms with Crippen molar-refractivity contribution in [1.82, 2.24) is 4.98 Å². The molecule has 1 heterocycles. The van der Waals surface area contributed by atoms with Crippen molar-refractivity contribution in [2.75, 3.05) is 7.11 Å². The molecule has 0 saturated heterocycles. The largest absolute Gasteiger partial charge is 0.465 e. The van der Waals surface area contributed by atoms with Gasteiger partial charge in [-0.25, -0.2) is 9.78 Å². The van der Waals surface area contributed by atoms with Gasteiger partial charge in [-0.15, -0.1) is 0 Å². The Kier molecular flexibility index (Phi) is 2.97. The molecule has 0 unspecified atom stereocenters. The molecule has 0 aliphatic carbocycles. The molecule has 0 N–H and O–H groups in total. The Morgan fingerprint density at radius 1 is 1.69 bits per heavy atom. The number of aromatic nitrogens is 1. The lowest BCUT2D eigenvalue weighted by Crippen LogP contribution is -2.04. The zero-order valence-corrected chi connectivity index (χ0v) is 7.54. The molecule has 5 heteroatoms. The van der Waals surface area contributed by atoms with Crippen molar-refractivity contribution in [2.45, 2.75) is 0 Å². The van der Waals surface area contributed by atoms with Gasteiger partial charge < -0.3 is 4.74 Å². The third-order valence-electron chi connectivity index (χ3n) is 1.40. The van der Waals surface area contributed by atoms with E-state index in [0.29, 0.717) is 6.29 Å². The lowest BCUT2D eigenvalue weighted by molar-refractivity contribution is 0.0600. The van der Waals surface area contributed by atoms with E-state index in [4.69, 9.17) is 11.6 Å². The zero-order chi connectivity index (χ0) is 9.84. The molecule has 1 aromatic rings. The molecule has 0 aliphatic heterocycles. The summed E-state index contributed by atoms with van der Waals surface area (Å²) in [5, 5.41) is 0.0254. The summed E-state index contributed by atoms with van der Waals surface area (Å²) in [6.07, 6.45) is 1.86. The molecule has 68 valence electrons. The lowest BCUT2D eigenvalue weighted by Gasteiger charge is -2.00. The van der Waals surface area contributed by atoms with Gasteiger partial charge in [0.1, 0.15) is 5.15 Å². The summed E-state index contributed by atoms with van der Waals surface area (Å²) in [7, 11) is 1.23. The maximum absolute atomic E-state index is 11.0. The van der Waals surface area contributed by atoms with Gasteiger partial charge in [-0.3, -0.25) is 4.79 Å². The number of hydrogen-bond acceptors (Lipinski definition) is 4. The Hall–Kier alpha value is -1.42. The second kappa shape index (κ2) is 4.00. The summed E-state index contributed by atoms with van der Waals surface area (Å²) in [6.45, 7) is 0. The van der Waals surface area contributed by atoms with Crippen LogP contribution in [0.4, 0.5) is 0 Å². The Morgan fingerprint density at radius 2 is 2.38 bits per heavy atom. The van der Waals surface area contributed by atoms with E-state index < -0.39 is 5.97 Å². The van der Waals surface area contributed by atoms with Crippen molar-refractivity contribution < 1.29 is 14.3 Å². The molecule has 0 saturated carbocycles. The topological polar surface area (TPSA) is 56.3 Å². The predicted molar refractivity (Wildman–Crippen MR) is 46.0 cm³/mol. The number of rotatable bonds is 2. The van der Waals surface area contributed by atoms with Crippen LogP contribution < -0.4 is 0 Å². The second-order valence-corrected chi connectivity index (χ2v) is 2.57. The first-order chi connectivity index (χ1) is 6.19. The van der Waals surface area contributed by atoms with Crippen LogP contribution in [0.2, 0.25) is 5.15 Å². The van der Waals surface area contributed by atoms with Crippen LogP contribution in [0.5, 0.6) is 0 Å². The van der Waals surface area contributed by atoms with Crippen molar-refractivity contribution in [2.24, 2.45) is 0 Å². The van der Waals surface area contributed by atoms with Crippen molar-refractivity contribution in [3.63, 3.8) is 0 Å². The molecule has 1 aromatic heterocycles. The summed E-state index contributed by atoms with van der Waals surface area (Å²) < 4.78 is 4.44. The predicted octanol–water partition coefficient (Wildman–Crippen LogP) is 1.33. The summed E-state index contributed by atoms with van der Waals surface area (Å²) >= 11 is 5.60. The smallest absolute Gasteiger partial charge is 0.341 e. The van der Waals surface area contributed by atoms with Crippen LogP contribution in [-0.4, -0.2) is 24.3 Å². The van der Waals surface area contributed by atoms with E-state index in [1.165, 1.54) is 19.4 Å². The summed E-state index contributed by atoms with van der Waals surface area (Å²) in [4.78, 5) is 25.0. The summed E-state index contributed by atoms with van der Waals surface area (Å²) in [5.74, 6) is -0.610. The Labute approximate surface area is 79.5 Å². The highest BCUT2D eigenvalue weighted by atomic mass is 35.5. The van der Waals surface area contributed by atoms with E-state index in [9.17, 15) is 9.59 Å². The number of halogens is 1. The van der Waals surface area contributed by atoms with Crippen molar-refractivity contribution in [3.05, 3.63) is 28.5 Å². The molecule has 0 aliphatic rings. The van der Waals surface area contributed by atoms with Crippen LogP contribution in [-0.2, 0) is 4.74 Å². The summed E-state index contributed by atoms with van der Waals surface area (Å²) in [5.41, 5.74) is 0.374. The number of esters is 1. The minimum Gasteiger partial charge on any atom is -0.465 e. The van der Waals surface area contributed by atoms with Gasteiger partial charge >= 0.3 is 5.97 Å². The highest BCUT2D eigenvalue weighted by Gasteiger charge is 2.11. The van der Waals surface area contributed by atoms with Gasteiger partial charge in [-0.05, 0) is 6.07 Å². The van der Waals surface area contributed by atoms with Crippen molar-refractivity contribution in [3.8, 4) is 0 Å². The van der Waals surface area contributed by atoms with Crippen LogP contribution in [0.1, 0.15) is 20.7 Å². The van der Waals surface area contributed by atoms with Crippen LogP contribution >= 0.6 is 11.6 Å². The van der Waals surface area contributed by atoms with Crippen LogP contribution in [0.15, 0.2) is 12.3 Å². The van der Waals surface area contributed by atoms with E-state index in [1.54, 1.807) is 0 Å². The monoisotopic (exact) mass is 199 g/mol. The molecule has 0 fully saturated rings. The van der Waals surface area contributed by atoms with E-state index in [1.807, 2.05) is 0 Å². The molecule has 0 bridgehead atoms. The molecule has 13 heavy (non-hydrogen) atoms. The third kappa shape index (κ3) is 2.03. The number of nitrogens with zero attached hydrogens (tertiary/aromatic N) is 1. The number of ether oxygens (including phenoxy) is 1. The lowest BCUT2D eigenvalue weighted by atomic mass is 10.2. The minimum atomic E-state index is -0.610. The SMILES string of the molecule is COC(=O)c1cc(C=O)cnc1Cl. The second-order valence-electron chi connectivity index (χ2n) is 2.22. The first kappa shape index (κ1) is 9.67. The van der Waals surface area contributed by atoms with E-state index >= 15 is 0 Å². The number of methoxy groups -OCH3 is 1. The molecule has 0 radical (unpaired) electrons. The van der Waals surface area contributed by atoms with E-state index in [0.717, 1.165) is 0 Å². The average Bonchev–Trinajstić information content (AvgIpc) is 2.17. The number of aldehydes is 1. The first-order valence-corrected chi connectivity index (χ1v) is 3.76. The molecule has 0 amide bonds. The Balaban J connectivity index is 3.18. The molecule has 0 spiro atoms. The number of carbonyl (C=O) groups is 2. The molecule has 1 rings (SSSR count). The quantitative estimate of drug-likeness (QED) is 0.410. The normalized spacial score (nSPS) is 9.38. The van der Waals surface area contributed by atoms with E-state index in [2.05, 4.69) is 9.72 Å². The highest BCUT2D eigenvalue weighted by molar-refractivity contribution is 6.32. The highest BCUT2D eigenvalue weighted by Crippen LogP contribution is 2.14. The minimum absolute atomic E-state index is 0.0254. The van der Waals surface area contributed by atoms with Crippen LogP contribution in [0.3, 0.4) is 0 Å². The van der Waals surface area contributed by atoms with Crippen molar-refractivity contribution >= 4 is 23.9 Å². The standard InChI is InChI=1S/C8H6ClNO3/c1-13-8(12)6-2-5(4-11)3-10-7(6)9/h2-4H,1H3.